The maximum atomic E-state index is 12.4. The van der Waals surface area contributed by atoms with Crippen LogP contribution >= 0.6 is 0 Å². The highest BCUT2D eigenvalue weighted by atomic mass is 16.2. The van der Waals surface area contributed by atoms with Gasteiger partial charge in [0.25, 0.3) is 11.5 Å². The van der Waals surface area contributed by atoms with E-state index in [0.29, 0.717) is 43.7 Å². The maximum Gasteiger partial charge on any atom is 0.317 e. The Labute approximate surface area is 143 Å². The molecule has 0 unspecified atom stereocenters. The van der Waals surface area contributed by atoms with E-state index in [4.69, 9.17) is 0 Å². The van der Waals surface area contributed by atoms with Gasteiger partial charge in [0.05, 0.1) is 6.20 Å². The molecule has 3 heterocycles. The van der Waals surface area contributed by atoms with Gasteiger partial charge in [-0.25, -0.2) is 9.89 Å². The minimum absolute atomic E-state index is 0.0754. The van der Waals surface area contributed by atoms with Crippen molar-refractivity contribution in [2.45, 2.75) is 26.1 Å². The Bertz CT molecular complexity index is 921. The van der Waals surface area contributed by atoms with Crippen molar-refractivity contribution >= 4 is 11.9 Å². The third-order valence-corrected chi connectivity index (χ3v) is 4.63. The molecule has 0 saturated carbocycles. The second kappa shape index (κ2) is 6.04. The Hall–Kier alpha value is -3.16. The second-order valence-corrected chi connectivity index (χ2v) is 6.21. The number of rotatable bonds is 2. The lowest BCUT2D eigenvalue weighted by Crippen LogP contribution is -2.43. The molecular weight excluding hydrogens is 322 g/mol. The summed E-state index contributed by atoms with van der Waals surface area (Å²) >= 11 is 0. The molecule has 2 aliphatic heterocycles. The van der Waals surface area contributed by atoms with Crippen LogP contribution in [0.4, 0.5) is 4.79 Å². The fourth-order valence-corrected chi connectivity index (χ4v) is 3.23. The van der Waals surface area contributed by atoms with Gasteiger partial charge in [-0.15, -0.1) is 0 Å². The molecular formula is C17H17N5O3. The molecule has 3 N–H and O–H groups in total. The van der Waals surface area contributed by atoms with Crippen LogP contribution in [0.3, 0.4) is 0 Å². The van der Waals surface area contributed by atoms with Gasteiger partial charge in [-0.2, -0.15) is 5.10 Å². The normalized spacial score (nSPS) is 15.4. The van der Waals surface area contributed by atoms with Crippen molar-refractivity contribution < 1.29 is 9.59 Å². The van der Waals surface area contributed by atoms with Crippen LogP contribution in [-0.2, 0) is 26.1 Å². The minimum Gasteiger partial charge on any atom is -0.348 e. The molecule has 128 valence electrons. The summed E-state index contributed by atoms with van der Waals surface area (Å²) in [6.07, 6.45) is 2.11. The van der Waals surface area contributed by atoms with Gasteiger partial charge in [0.2, 0.25) is 0 Å². The zero-order valence-electron chi connectivity index (χ0n) is 13.5. The molecule has 0 saturated heterocycles. The van der Waals surface area contributed by atoms with Crippen LogP contribution in [-0.4, -0.2) is 33.6 Å². The largest absolute Gasteiger partial charge is 0.348 e. The van der Waals surface area contributed by atoms with E-state index in [0.717, 1.165) is 16.7 Å². The standard InChI is InChI=1S/C17H17N5O3/c23-15-14-5-10(1-2-11(14)7-18-15)6-19-17(25)22-4-3-13-12(9-22)8-20-21-16(13)24/h1-2,5,8H,3-4,6-7,9H2,(H,18,23)(H,19,25)(H,21,24). The van der Waals surface area contributed by atoms with Crippen molar-refractivity contribution in [1.29, 1.82) is 0 Å². The van der Waals surface area contributed by atoms with E-state index in [1.54, 1.807) is 11.1 Å². The lowest BCUT2D eigenvalue weighted by atomic mass is 10.0. The number of benzene rings is 1. The Morgan fingerprint density at radius 1 is 1.28 bits per heavy atom. The minimum atomic E-state index is -0.198. The monoisotopic (exact) mass is 339 g/mol. The van der Waals surface area contributed by atoms with Crippen molar-refractivity contribution in [2.24, 2.45) is 0 Å². The number of hydrogen-bond acceptors (Lipinski definition) is 4. The van der Waals surface area contributed by atoms with E-state index in [1.807, 2.05) is 18.2 Å². The third-order valence-electron chi connectivity index (χ3n) is 4.63. The number of aromatic amines is 1. The number of urea groups is 1. The topological polar surface area (TPSA) is 107 Å². The third kappa shape index (κ3) is 2.86. The number of nitrogens with one attached hydrogen (secondary N) is 3. The fraction of sp³-hybridized carbons (Fsp3) is 0.294. The van der Waals surface area contributed by atoms with Crippen molar-refractivity contribution in [3.63, 3.8) is 0 Å². The van der Waals surface area contributed by atoms with Crippen LogP contribution in [0.2, 0.25) is 0 Å². The van der Waals surface area contributed by atoms with E-state index in [9.17, 15) is 14.4 Å². The van der Waals surface area contributed by atoms with Crippen LogP contribution in [0.1, 0.15) is 32.6 Å². The van der Waals surface area contributed by atoms with Crippen molar-refractivity contribution in [1.82, 2.24) is 25.7 Å². The SMILES string of the molecule is O=C1NCc2ccc(CNC(=O)N3CCc4c(cn[nH]c4=O)C3)cc21. The van der Waals surface area contributed by atoms with Crippen molar-refractivity contribution in [3.05, 3.63) is 62.6 Å². The average molecular weight is 339 g/mol. The van der Waals surface area contributed by atoms with E-state index in [2.05, 4.69) is 20.8 Å². The smallest absolute Gasteiger partial charge is 0.317 e. The highest BCUT2D eigenvalue weighted by Crippen LogP contribution is 2.18. The van der Waals surface area contributed by atoms with Gasteiger partial charge < -0.3 is 15.5 Å². The number of fused-ring (bicyclic) bond motifs is 2. The van der Waals surface area contributed by atoms with Gasteiger partial charge in [-0.1, -0.05) is 12.1 Å². The van der Waals surface area contributed by atoms with E-state index in [1.165, 1.54) is 0 Å². The Morgan fingerprint density at radius 2 is 2.16 bits per heavy atom. The molecule has 3 amide bonds. The molecule has 4 rings (SSSR count). The molecule has 0 spiro atoms. The summed E-state index contributed by atoms with van der Waals surface area (Å²) in [7, 11) is 0. The van der Waals surface area contributed by atoms with Crippen LogP contribution in [0.25, 0.3) is 0 Å². The zero-order chi connectivity index (χ0) is 17.4. The zero-order valence-corrected chi connectivity index (χ0v) is 13.5. The quantitative estimate of drug-likeness (QED) is 0.730. The van der Waals surface area contributed by atoms with E-state index < -0.39 is 0 Å². The molecule has 8 heteroatoms. The van der Waals surface area contributed by atoms with Gasteiger partial charge in [0, 0.05) is 42.9 Å². The summed E-state index contributed by atoms with van der Waals surface area (Å²) in [4.78, 5) is 37.5. The number of nitrogens with zero attached hydrogens (tertiary/aromatic N) is 2. The highest BCUT2D eigenvalue weighted by molar-refractivity contribution is 5.98. The highest BCUT2D eigenvalue weighted by Gasteiger charge is 2.23. The summed E-state index contributed by atoms with van der Waals surface area (Å²) in [6.45, 7) is 1.75. The molecule has 25 heavy (non-hydrogen) atoms. The maximum absolute atomic E-state index is 12.4. The molecule has 0 aliphatic carbocycles. The molecule has 1 aromatic carbocycles. The number of carbonyl (C=O) groups is 2. The van der Waals surface area contributed by atoms with Crippen LogP contribution in [0, 0.1) is 0 Å². The first-order valence-electron chi connectivity index (χ1n) is 8.10. The lowest BCUT2D eigenvalue weighted by Gasteiger charge is -2.28. The number of amides is 3. The molecule has 1 aromatic heterocycles. The summed E-state index contributed by atoms with van der Waals surface area (Å²) in [5, 5.41) is 11.9. The van der Waals surface area contributed by atoms with Crippen LogP contribution < -0.4 is 16.2 Å². The van der Waals surface area contributed by atoms with Gasteiger partial charge >= 0.3 is 6.03 Å². The van der Waals surface area contributed by atoms with Gasteiger partial charge in [-0.05, 0) is 23.6 Å². The molecule has 0 atom stereocenters. The number of hydrogen-bond donors (Lipinski definition) is 3. The molecule has 0 bridgehead atoms. The fourth-order valence-electron chi connectivity index (χ4n) is 3.23. The molecule has 0 fully saturated rings. The second-order valence-electron chi connectivity index (χ2n) is 6.21. The van der Waals surface area contributed by atoms with Crippen LogP contribution in [0.15, 0.2) is 29.2 Å². The molecule has 8 nitrogen and oxygen atoms in total. The Morgan fingerprint density at radius 3 is 3.04 bits per heavy atom. The van der Waals surface area contributed by atoms with Gasteiger partial charge in [-0.3, -0.25) is 9.59 Å². The molecule has 0 radical (unpaired) electrons. The first-order chi connectivity index (χ1) is 12.1. The lowest BCUT2D eigenvalue weighted by molar-refractivity contribution is 0.0965. The van der Waals surface area contributed by atoms with Crippen molar-refractivity contribution in [2.75, 3.05) is 6.54 Å². The van der Waals surface area contributed by atoms with E-state index >= 15 is 0 Å². The first-order valence-corrected chi connectivity index (χ1v) is 8.10. The van der Waals surface area contributed by atoms with Gasteiger partial charge in [0.1, 0.15) is 0 Å². The Balaban J connectivity index is 1.41. The number of carbonyl (C=O) groups excluding carboxylic acids is 2. The summed E-state index contributed by atoms with van der Waals surface area (Å²) in [5.74, 6) is -0.0754. The molecule has 2 aromatic rings. The number of H-pyrrole nitrogens is 1. The van der Waals surface area contributed by atoms with E-state index in [-0.39, 0.29) is 17.5 Å². The summed E-state index contributed by atoms with van der Waals surface area (Å²) in [6, 6.07) is 5.43. The number of aromatic nitrogens is 2. The Kier molecular flexibility index (Phi) is 3.72. The van der Waals surface area contributed by atoms with Crippen molar-refractivity contribution in [3.8, 4) is 0 Å². The predicted molar refractivity (Wildman–Crippen MR) is 88.8 cm³/mol. The van der Waals surface area contributed by atoms with Gasteiger partial charge in [0.15, 0.2) is 0 Å². The van der Waals surface area contributed by atoms with Crippen LogP contribution in [0.5, 0.6) is 0 Å². The summed E-state index contributed by atoms with van der Waals surface area (Å²) < 4.78 is 0. The summed E-state index contributed by atoms with van der Waals surface area (Å²) in [5.41, 5.74) is 3.81. The average Bonchev–Trinajstić information content (AvgIpc) is 3.00. The molecule has 2 aliphatic rings. The predicted octanol–water partition coefficient (Wildman–Crippen LogP) is 0.281. The first kappa shape index (κ1) is 15.4.